The third kappa shape index (κ3) is 4.18. The highest BCUT2D eigenvalue weighted by atomic mass is 16.6. The first-order valence-electron chi connectivity index (χ1n) is 5.27. The fourth-order valence-corrected chi connectivity index (χ4v) is 0.781. The van der Waals surface area contributed by atoms with E-state index in [-0.39, 0.29) is 12.6 Å². The number of nitrogens with two attached hydrogens (primary N) is 1. The summed E-state index contributed by atoms with van der Waals surface area (Å²) in [6.07, 6.45) is 0. The van der Waals surface area contributed by atoms with E-state index in [0.717, 1.165) is 0 Å². The second-order valence-corrected chi connectivity index (χ2v) is 4.68. The molecule has 4 nitrogen and oxygen atoms in total. The predicted molar refractivity (Wildman–Crippen MR) is 59.5 cm³/mol. The van der Waals surface area contributed by atoms with Crippen LogP contribution in [0.4, 0.5) is 0 Å². The second-order valence-electron chi connectivity index (χ2n) is 4.68. The van der Waals surface area contributed by atoms with Gasteiger partial charge in [-0.15, -0.1) is 0 Å². The summed E-state index contributed by atoms with van der Waals surface area (Å²) in [4.78, 5) is 11.7. The molecule has 0 spiro atoms. The Bertz CT molecular complexity index is 206. The summed E-state index contributed by atoms with van der Waals surface area (Å²) < 4.78 is 10.2. The molecule has 0 atom stereocenters. The number of carbonyl (C=O) groups is 1. The van der Waals surface area contributed by atoms with Crippen LogP contribution in [0.1, 0.15) is 34.6 Å². The number of hydrogen-bond acceptors (Lipinski definition) is 4. The normalized spacial score (nSPS) is 12.7. The van der Waals surface area contributed by atoms with E-state index in [2.05, 4.69) is 0 Å². The van der Waals surface area contributed by atoms with E-state index >= 15 is 0 Å². The monoisotopic (exact) mass is 217 g/mol. The molecular weight excluding hydrogens is 194 g/mol. The lowest BCUT2D eigenvalue weighted by atomic mass is 9.75. The van der Waals surface area contributed by atoms with Crippen molar-refractivity contribution in [3.63, 3.8) is 0 Å². The lowest BCUT2D eigenvalue weighted by Crippen LogP contribution is -2.52. The highest BCUT2D eigenvalue weighted by Crippen LogP contribution is 2.29. The van der Waals surface area contributed by atoms with Crippen molar-refractivity contribution in [1.82, 2.24) is 0 Å². The summed E-state index contributed by atoms with van der Waals surface area (Å²) >= 11 is 0. The number of rotatable bonds is 6. The first-order chi connectivity index (χ1) is 6.73. The van der Waals surface area contributed by atoms with Gasteiger partial charge in [0.15, 0.2) is 0 Å². The minimum Gasteiger partial charge on any atom is -0.463 e. The Morgan fingerprint density at radius 3 is 2.13 bits per heavy atom. The van der Waals surface area contributed by atoms with Crippen LogP contribution in [0.2, 0.25) is 0 Å². The molecule has 0 unspecified atom stereocenters. The van der Waals surface area contributed by atoms with Crippen LogP contribution in [-0.2, 0) is 14.3 Å². The fraction of sp³-hybridized carbons (Fsp3) is 0.909. The molecule has 0 amide bonds. The molecule has 0 aliphatic rings. The summed E-state index contributed by atoms with van der Waals surface area (Å²) in [6, 6.07) is 0. The van der Waals surface area contributed by atoms with Gasteiger partial charge in [0.2, 0.25) is 0 Å². The van der Waals surface area contributed by atoms with Crippen LogP contribution >= 0.6 is 0 Å². The van der Waals surface area contributed by atoms with E-state index in [1.807, 2.05) is 20.8 Å². The zero-order chi connectivity index (χ0) is 12.1. The molecule has 0 saturated carbocycles. The Labute approximate surface area is 92.1 Å². The van der Waals surface area contributed by atoms with Crippen molar-refractivity contribution in [2.24, 2.45) is 11.1 Å². The summed E-state index contributed by atoms with van der Waals surface area (Å²) in [5.41, 5.74) is 4.62. The van der Waals surface area contributed by atoms with Gasteiger partial charge in [0.05, 0.1) is 12.0 Å². The van der Waals surface area contributed by atoms with Crippen molar-refractivity contribution in [2.75, 3.05) is 19.8 Å². The maximum atomic E-state index is 11.7. The molecule has 0 bridgehead atoms. The number of esters is 1. The van der Waals surface area contributed by atoms with Gasteiger partial charge in [-0.25, -0.2) is 0 Å². The summed E-state index contributed by atoms with van der Waals surface area (Å²) in [7, 11) is 0. The summed E-state index contributed by atoms with van der Waals surface area (Å²) in [5.74, 6) is -0.283. The smallest absolute Gasteiger partial charge is 0.313 e. The number of carbonyl (C=O) groups excluding carboxylic acids is 1. The molecule has 0 aliphatic heterocycles. The highest BCUT2D eigenvalue weighted by Gasteiger charge is 2.41. The Hall–Kier alpha value is -0.610. The van der Waals surface area contributed by atoms with E-state index in [4.69, 9.17) is 15.2 Å². The molecule has 2 N–H and O–H groups in total. The van der Waals surface area contributed by atoms with Crippen LogP contribution < -0.4 is 5.73 Å². The minimum atomic E-state index is -0.695. The van der Waals surface area contributed by atoms with E-state index < -0.39 is 11.0 Å². The molecule has 0 aromatic carbocycles. The van der Waals surface area contributed by atoms with E-state index in [1.54, 1.807) is 13.8 Å². The average Bonchev–Trinajstić information content (AvgIpc) is 2.10. The minimum absolute atomic E-state index is 0.283. The Balaban J connectivity index is 4.10. The molecule has 15 heavy (non-hydrogen) atoms. The first-order valence-corrected chi connectivity index (χ1v) is 5.27. The first kappa shape index (κ1) is 14.4. The van der Waals surface area contributed by atoms with E-state index in [0.29, 0.717) is 13.2 Å². The van der Waals surface area contributed by atoms with Crippen molar-refractivity contribution in [3.8, 4) is 0 Å². The van der Waals surface area contributed by atoms with Gasteiger partial charge in [0.1, 0.15) is 6.61 Å². The zero-order valence-electron chi connectivity index (χ0n) is 10.4. The van der Waals surface area contributed by atoms with Gasteiger partial charge in [0, 0.05) is 12.1 Å². The molecule has 0 aromatic rings. The van der Waals surface area contributed by atoms with Gasteiger partial charge < -0.3 is 15.2 Å². The van der Waals surface area contributed by atoms with Gasteiger partial charge in [-0.1, -0.05) is 0 Å². The SMILES string of the molecule is CCOCCOC(=O)C(C)(C)C(C)(C)N. The molecule has 90 valence electrons. The van der Waals surface area contributed by atoms with Crippen LogP contribution in [0.25, 0.3) is 0 Å². The fourth-order valence-electron chi connectivity index (χ4n) is 0.781. The Morgan fingerprint density at radius 1 is 1.20 bits per heavy atom. The molecule has 0 aliphatic carbocycles. The topological polar surface area (TPSA) is 61.5 Å². The standard InChI is InChI=1S/C11H23NO3/c1-6-14-7-8-15-9(13)10(2,3)11(4,5)12/h6-8,12H2,1-5H3. The average molecular weight is 217 g/mol. The van der Waals surface area contributed by atoms with Crippen LogP contribution in [-0.4, -0.2) is 31.3 Å². The molecule has 0 heterocycles. The maximum absolute atomic E-state index is 11.7. The molecule has 0 saturated heterocycles. The van der Waals surface area contributed by atoms with Crippen LogP contribution in [0.15, 0.2) is 0 Å². The Morgan fingerprint density at radius 2 is 1.73 bits per heavy atom. The third-order valence-electron chi connectivity index (χ3n) is 2.79. The summed E-state index contributed by atoms with van der Waals surface area (Å²) in [5, 5.41) is 0. The lowest BCUT2D eigenvalue weighted by Gasteiger charge is -2.35. The van der Waals surface area contributed by atoms with Crippen molar-refractivity contribution in [2.45, 2.75) is 40.2 Å². The maximum Gasteiger partial charge on any atom is 0.313 e. The van der Waals surface area contributed by atoms with Crippen LogP contribution in [0.3, 0.4) is 0 Å². The molecular formula is C11H23NO3. The van der Waals surface area contributed by atoms with Crippen molar-refractivity contribution in [3.05, 3.63) is 0 Å². The molecule has 4 heteroatoms. The molecule has 0 rings (SSSR count). The van der Waals surface area contributed by atoms with Gasteiger partial charge >= 0.3 is 5.97 Å². The molecule has 0 radical (unpaired) electrons. The van der Waals surface area contributed by atoms with Gasteiger partial charge in [-0.3, -0.25) is 4.79 Å². The van der Waals surface area contributed by atoms with Gasteiger partial charge in [0.25, 0.3) is 0 Å². The quantitative estimate of drug-likeness (QED) is 0.538. The highest BCUT2D eigenvalue weighted by molar-refractivity contribution is 5.77. The Kier molecular flexibility index (Phi) is 5.24. The van der Waals surface area contributed by atoms with Gasteiger partial charge in [-0.2, -0.15) is 0 Å². The van der Waals surface area contributed by atoms with Crippen LogP contribution in [0.5, 0.6) is 0 Å². The second kappa shape index (κ2) is 5.47. The van der Waals surface area contributed by atoms with E-state index in [1.165, 1.54) is 0 Å². The number of hydrogen-bond donors (Lipinski definition) is 1. The van der Waals surface area contributed by atoms with Crippen LogP contribution in [0, 0.1) is 5.41 Å². The van der Waals surface area contributed by atoms with Gasteiger partial charge in [-0.05, 0) is 34.6 Å². The summed E-state index contributed by atoms with van der Waals surface area (Å²) in [6.45, 7) is 10.5. The van der Waals surface area contributed by atoms with Crippen molar-refractivity contribution < 1.29 is 14.3 Å². The van der Waals surface area contributed by atoms with Crippen molar-refractivity contribution >= 4 is 5.97 Å². The van der Waals surface area contributed by atoms with E-state index in [9.17, 15) is 4.79 Å². The zero-order valence-corrected chi connectivity index (χ0v) is 10.4. The molecule has 0 fully saturated rings. The largest absolute Gasteiger partial charge is 0.463 e. The third-order valence-corrected chi connectivity index (χ3v) is 2.79. The predicted octanol–water partition coefficient (Wildman–Crippen LogP) is 1.33. The molecule has 0 aromatic heterocycles. The number of ether oxygens (including phenoxy) is 2. The lowest BCUT2D eigenvalue weighted by molar-refractivity contribution is -0.158. The van der Waals surface area contributed by atoms with Crippen molar-refractivity contribution in [1.29, 1.82) is 0 Å².